The van der Waals surface area contributed by atoms with Crippen molar-refractivity contribution in [2.45, 2.75) is 0 Å². The minimum absolute atomic E-state index is 0.328. The molecule has 0 fully saturated rings. The molecule has 2 aromatic rings. The molecule has 24 heavy (non-hydrogen) atoms. The zero-order valence-electron chi connectivity index (χ0n) is 13.9. The van der Waals surface area contributed by atoms with Gasteiger partial charge in [0.05, 0.1) is 25.3 Å². The molecular weight excluding hydrogens is 312 g/mol. The SMILES string of the molecule is CON(C)C(=O)c1cncc(-c2cncc(C(=O)N(C)OC)c2)c1. The van der Waals surface area contributed by atoms with Gasteiger partial charge in [-0.05, 0) is 12.1 Å². The molecule has 0 aliphatic heterocycles. The predicted molar refractivity (Wildman–Crippen MR) is 85.7 cm³/mol. The second-order valence-corrected chi connectivity index (χ2v) is 4.89. The van der Waals surface area contributed by atoms with Gasteiger partial charge in [0.1, 0.15) is 0 Å². The Morgan fingerprint density at radius 3 is 1.50 bits per heavy atom. The van der Waals surface area contributed by atoms with E-state index >= 15 is 0 Å². The van der Waals surface area contributed by atoms with Crippen LogP contribution in [0.3, 0.4) is 0 Å². The van der Waals surface area contributed by atoms with E-state index in [0.29, 0.717) is 22.3 Å². The lowest BCUT2D eigenvalue weighted by Gasteiger charge is -2.15. The lowest BCUT2D eigenvalue weighted by molar-refractivity contribution is -0.0757. The minimum atomic E-state index is -0.328. The summed E-state index contributed by atoms with van der Waals surface area (Å²) in [5, 5.41) is 2.21. The first-order valence-electron chi connectivity index (χ1n) is 7.02. The Kier molecular flexibility index (Phi) is 5.56. The lowest BCUT2D eigenvalue weighted by Crippen LogP contribution is -2.25. The van der Waals surface area contributed by atoms with Gasteiger partial charge in [0.25, 0.3) is 11.8 Å². The van der Waals surface area contributed by atoms with E-state index in [0.717, 1.165) is 10.1 Å². The Morgan fingerprint density at radius 1 is 0.792 bits per heavy atom. The second kappa shape index (κ2) is 7.62. The first kappa shape index (κ1) is 17.5. The van der Waals surface area contributed by atoms with Crippen molar-refractivity contribution in [2.75, 3.05) is 28.3 Å². The van der Waals surface area contributed by atoms with Gasteiger partial charge in [0.15, 0.2) is 0 Å². The van der Waals surface area contributed by atoms with E-state index < -0.39 is 0 Å². The van der Waals surface area contributed by atoms with E-state index in [1.165, 1.54) is 40.7 Å². The Hall–Kier alpha value is -2.84. The monoisotopic (exact) mass is 330 g/mol. The highest BCUT2D eigenvalue weighted by atomic mass is 16.7. The van der Waals surface area contributed by atoms with Crippen molar-refractivity contribution < 1.29 is 19.3 Å². The number of nitrogens with zero attached hydrogens (tertiary/aromatic N) is 4. The van der Waals surface area contributed by atoms with Crippen LogP contribution >= 0.6 is 0 Å². The Balaban J connectivity index is 2.36. The van der Waals surface area contributed by atoms with Gasteiger partial charge < -0.3 is 0 Å². The van der Waals surface area contributed by atoms with E-state index in [1.807, 2.05) is 0 Å². The molecule has 2 rings (SSSR count). The Bertz CT molecular complexity index is 687. The molecule has 0 aromatic carbocycles. The summed E-state index contributed by atoms with van der Waals surface area (Å²) in [6.45, 7) is 0. The predicted octanol–water partition coefficient (Wildman–Crippen LogP) is 1.41. The van der Waals surface area contributed by atoms with Gasteiger partial charge in [-0.25, -0.2) is 10.1 Å². The van der Waals surface area contributed by atoms with Gasteiger partial charge in [-0.1, -0.05) is 0 Å². The molecule has 2 amide bonds. The molecule has 0 saturated heterocycles. The summed E-state index contributed by atoms with van der Waals surface area (Å²) in [5.74, 6) is -0.655. The Labute approximate surface area is 139 Å². The third-order valence-corrected chi connectivity index (χ3v) is 3.42. The van der Waals surface area contributed by atoms with Crippen LogP contribution in [-0.4, -0.2) is 60.2 Å². The first-order valence-corrected chi connectivity index (χ1v) is 7.02. The summed E-state index contributed by atoms with van der Waals surface area (Å²) in [4.78, 5) is 42.2. The first-order chi connectivity index (χ1) is 11.5. The topological polar surface area (TPSA) is 84.9 Å². The van der Waals surface area contributed by atoms with Gasteiger partial charge in [-0.2, -0.15) is 0 Å². The van der Waals surface area contributed by atoms with Crippen molar-refractivity contribution >= 4 is 11.8 Å². The highest BCUT2D eigenvalue weighted by Crippen LogP contribution is 2.20. The summed E-state index contributed by atoms with van der Waals surface area (Å²) in [6, 6.07) is 3.33. The average Bonchev–Trinajstić information content (AvgIpc) is 2.65. The van der Waals surface area contributed by atoms with Crippen molar-refractivity contribution in [3.8, 4) is 11.1 Å². The van der Waals surface area contributed by atoms with Crippen LogP contribution in [0.1, 0.15) is 20.7 Å². The van der Waals surface area contributed by atoms with Gasteiger partial charge in [-0.3, -0.25) is 29.2 Å². The molecule has 0 aliphatic rings. The average molecular weight is 330 g/mol. The molecule has 0 bridgehead atoms. The number of carbonyl (C=O) groups is 2. The van der Waals surface area contributed by atoms with E-state index in [9.17, 15) is 9.59 Å². The summed E-state index contributed by atoms with van der Waals surface area (Å²) in [5.41, 5.74) is 2.05. The Morgan fingerprint density at radius 2 is 1.17 bits per heavy atom. The summed E-state index contributed by atoms with van der Waals surface area (Å²) in [7, 11) is 5.83. The molecule has 0 saturated carbocycles. The molecule has 0 atom stereocenters. The van der Waals surface area contributed by atoms with Crippen molar-refractivity contribution in [3.05, 3.63) is 48.0 Å². The maximum atomic E-state index is 12.1. The fourth-order valence-corrected chi connectivity index (χ4v) is 1.96. The lowest BCUT2D eigenvalue weighted by atomic mass is 10.1. The number of carbonyl (C=O) groups excluding carboxylic acids is 2. The molecule has 2 aromatic heterocycles. The van der Waals surface area contributed by atoms with Crippen molar-refractivity contribution in [1.82, 2.24) is 20.1 Å². The van der Waals surface area contributed by atoms with Gasteiger partial charge in [0.2, 0.25) is 0 Å². The second-order valence-electron chi connectivity index (χ2n) is 4.89. The molecule has 0 N–H and O–H groups in total. The largest absolute Gasteiger partial charge is 0.278 e. The molecule has 0 spiro atoms. The van der Waals surface area contributed by atoms with Crippen molar-refractivity contribution in [1.29, 1.82) is 0 Å². The van der Waals surface area contributed by atoms with E-state index in [1.54, 1.807) is 24.5 Å². The molecule has 8 heteroatoms. The third-order valence-electron chi connectivity index (χ3n) is 3.42. The number of hydrogen-bond donors (Lipinski definition) is 0. The fourth-order valence-electron chi connectivity index (χ4n) is 1.96. The highest BCUT2D eigenvalue weighted by molar-refractivity contribution is 5.95. The number of rotatable bonds is 5. The van der Waals surface area contributed by atoms with Crippen molar-refractivity contribution in [2.24, 2.45) is 0 Å². The van der Waals surface area contributed by atoms with Gasteiger partial charge in [-0.15, -0.1) is 0 Å². The van der Waals surface area contributed by atoms with Crippen LogP contribution in [-0.2, 0) is 9.68 Å². The molecule has 0 radical (unpaired) electrons. The van der Waals surface area contributed by atoms with E-state index in [2.05, 4.69) is 9.97 Å². The molecule has 2 heterocycles. The van der Waals surface area contributed by atoms with Crippen LogP contribution in [0.5, 0.6) is 0 Å². The highest BCUT2D eigenvalue weighted by Gasteiger charge is 2.15. The van der Waals surface area contributed by atoms with Crippen LogP contribution < -0.4 is 0 Å². The normalized spacial score (nSPS) is 10.3. The van der Waals surface area contributed by atoms with Crippen LogP contribution in [0.2, 0.25) is 0 Å². The quantitative estimate of drug-likeness (QED) is 0.771. The van der Waals surface area contributed by atoms with Gasteiger partial charge in [0, 0.05) is 50.0 Å². The van der Waals surface area contributed by atoms with Crippen LogP contribution in [0.15, 0.2) is 36.9 Å². The van der Waals surface area contributed by atoms with Gasteiger partial charge >= 0.3 is 0 Å². The number of pyridine rings is 2. The van der Waals surface area contributed by atoms with Crippen molar-refractivity contribution in [3.63, 3.8) is 0 Å². The third kappa shape index (κ3) is 3.73. The zero-order valence-corrected chi connectivity index (χ0v) is 13.9. The minimum Gasteiger partial charge on any atom is -0.274 e. The molecular formula is C16H18N4O4. The summed E-state index contributed by atoms with van der Waals surface area (Å²) < 4.78 is 0. The smallest absolute Gasteiger partial charge is 0.274 e. The molecule has 126 valence electrons. The standard InChI is InChI=1S/C16H18N4O4/c1-19(23-3)15(21)13-5-11(7-17-9-13)12-6-14(10-18-8-12)16(22)20(2)24-4/h5-10H,1-4H3. The molecule has 8 nitrogen and oxygen atoms in total. The van der Waals surface area contributed by atoms with Crippen LogP contribution in [0, 0.1) is 0 Å². The van der Waals surface area contributed by atoms with Crippen LogP contribution in [0.4, 0.5) is 0 Å². The number of aromatic nitrogens is 2. The van der Waals surface area contributed by atoms with E-state index in [4.69, 9.17) is 9.68 Å². The summed E-state index contributed by atoms with van der Waals surface area (Å²) in [6.07, 6.45) is 6.08. The fraction of sp³-hybridized carbons (Fsp3) is 0.250. The van der Waals surface area contributed by atoms with Crippen LogP contribution in [0.25, 0.3) is 11.1 Å². The maximum absolute atomic E-state index is 12.1. The maximum Gasteiger partial charge on any atom is 0.278 e. The zero-order chi connectivity index (χ0) is 17.7. The van der Waals surface area contributed by atoms with E-state index in [-0.39, 0.29) is 11.8 Å². The number of hydroxylamine groups is 4. The molecule has 0 aliphatic carbocycles. The molecule has 0 unspecified atom stereocenters. The number of hydrogen-bond acceptors (Lipinski definition) is 6. The summed E-state index contributed by atoms with van der Waals surface area (Å²) >= 11 is 0. The number of amides is 2.